The highest BCUT2D eigenvalue weighted by atomic mass is 14.7. The summed E-state index contributed by atoms with van der Waals surface area (Å²) in [5.74, 6) is 0.799. The van der Waals surface area contributed by atoms with Crippen LogP contribution in [0.1, 0.15) is 32.3 Å². The summed E-state index contributed by atoms with van der Waals surface area (Å²) in [5, 5.41) is 0. The molecule has 1 radical (unpaired) electrons. The lowest BCUT2D eigenvalue weighted by molar-refractivity contribution is 0.516. The lowest BCUT2D eigenvalue weighted by Gasteiger charge is -2.09. The van der Waals surface area contributed by atoms with Crippen LogP contribution in [0, 0.1) is 12.0 Å². The summed E-state index contributed by atoms with van der Waals surface area (Å²) < 4.78 is 0. The van der Waals surface area contributed by atoms with Gasteiger partial charge in [-0.1, -0.05) is 44.5 Å². The zero-order valence-corrected chi connectivity index (χ0v) is 11.2. The second-order valence-electron chi connectivity index (χ2n) is 4.89. The van der Waals surface area contributed by atoms with Gasteiger partial charge in [0, 0.05) is 11.8 Å². The number of rotatable bonds is 5. The smallest absolute Gasteiger partial charge is 0.0704 e. The van der Waals surface area contributed by atoms with Gasteiger partial charge in [0.1, 0.15) is 0 Å². The van der Waals surface area contributed by atoms with Crippen molar-refractivity contribution in [1.82, 2.24) is 4.98 Å². The Hall–Kier alpha value is -1.63. The van der Waals surface area contributed by atoms with Crippen molar-refractivity contribution in [2.75, 3.05) is 0 Å². The van der Waals surface area contributed by atoms with Gasteiger partial charge in [-0.2, -0.15) is 0 Å². The van der Waals surface area contributed by atoms with E-state index in [1.165, 1.54) is 24.0 Å². The first-order valence-electron chi connectivity index (χ1n) is 6.71. The molecule has 18 heavy (non-hydrogen) atoms. The van der Waals surface area contributed by atoms with Gasteiger partial charge in [0.05, 0.1) is 5.69 Å². The van der Waals surface area contributed by atoms with Crippen molar-refractivity contribution in [2.24, 2.45) is 5.92 Å². The van der Waals surface area contributed by atoms with Crippen LogP contribution in [-0.4, -0.2) is 4.98 Å². The van der Waals surface area contributed by atoms with Gasteiger partial charge in [0.25, 0.3) is 0 Å². The molecule has 0 aliphatic rings. The summed E-state index contributed by atoms with van der Waals surface area (Å²) in [7, 11) is 0. The van der Waals surface area contributed by atoms with Crippen molar-refractivity contribution in [2.45, 2.75) is 33.1 Å². The molecule has 2 rings (SSSR count). The van der Waals surface area contributed by atoms with Crippen LogP contribution in [0.15, 0.2) is 42.6 Å². The number of hydrogen-bond donors (Lipinski definition) is 0. The summed E-state index contributed by atoms with van der Waals surface area (Å²) in [6, 6.07) is 15.3. The number of nitrogens with zero attached hydrogens (tertiary/aromatic N) is 1. The molecule has 1 atom stereocenters. The average molecular weight is 238 g/mol. The SMILES string of the molecule is CCC(C)CCc1ccnc(-c2cc[c]cc2)c1. The summed E-state index contributed by atoms with van der Waals surface area (Å²) in [4.78, 5) is 4.44. The summed E-state index contributed by atoms with van der Waals surface area (Å²) in [5.41, 5.74) is 3.61. The second kappa shape index (κ2) is 6.34. The predicted octanol–water partition coefficient (Wildman–Crippen LogP) is 4.53. The van der Waals surface area contributed by atoms with E-state index in [1.54, 1.807) is 0 Å². The fourth-order valence-corrected chi connectivity index (χ4v) is 1.96. The van der Waals surface area contributed by atoms with E-state index in [-0.39, 0.29) is 0 Å². The normalized spacial score (nSPS) is 12.3. The van der Waals surface area contributed by atoms with E-state index in [2.05, 4.69) is 49.2 Å². The zero-order valence-electron chi connectivity index (χ0n) is 11.2. The molecule has 0 spiro atoms. The minimum Gasteiger partial charge on any atom is -0.256 e. The molecule has 0 N–H and O–H groups in total. The lowest BCUT2D eigenvalue weighted by atomic mass is 9.98. The van der Waals surface area contributed by atoms with Crippen LogP contribution < -0.4 is 0 Å². The van der Waals surface area contributed by atoms with Crippen molar-refractivity contribution >= 4 is 0 Å². The van der Waals surface area contributed by atoms with Crippen molar-refractivity contribution in [1.29, 1.82) is 0 Å². The van der Waals surface area contributed by atoms with E-state index in [0.717, 1.165) is 18.0 Å². The molecule has 0 aliphatic heterocycles. The van der Waals surface area contributed by atoms with Gasteiger partial charge in [-0.05, 0) is 42.5 Å². The molecule has 1 heterocycles. The lowest BCUT2D eigenvalue weighted by Crippen LogP contribution is -1.96. The minimum absolute atomic E-state index is 0.799. The van der Waals surface area contributed by atoms with E-state index in [0.29, 0.717) is 0 Å². The first-order valence-corrected chi connectivity index (χ1v) is 6.71. The Morgan fingerprint density at radius 2 is 2.00 bits per heavy atom. The minimum atomic E-state index is 0.799. The highest BCUT2D eigenvalue weighted by Crippen LogP contribution is 2.19. The predicted molar refractivity (Wildman–Crippen MR) is 76.3 cm³/mol. The van der Waals surface area contributed by atoms with Gasteiger partial charge in [0.2, 0.25) is 0 Å². The van der Waals surface area contributed by atoms with Crippen LogP contribution in [0.3, 0.4) is 0 Å². The van der Waals surface area contributed by atoms with Crippen LogP contribution in [0.25, 0.3) is 11.3 Å². The number of benzene rings is 1. The van der Waals surface area contributed by atoms with Gasteiger partial charge >= 0.3 is 0 Å². The van der Waals surface area contributed by atoms with E-state index < -0.39 is 0 Å². The van der Waals surface area contributed by atoms with Crippen LogP contribution >= 0.6 is 0 Å². The Labute approximate surface area is 110 Å². The average Bonchev–Trinajstić information content (AvgIpc) is 2.46. The van der Waals surface area contributed by atoms with Crippen LogP contribution in [0.2, 0.25) is 0 Å². The van der Waals surface area contributed by atoms with Crippen molar-refractivity contribution in [3.8, 4) is 11.3 Å². The Balaban J connectivity index is 2.11. The third kappa shape index (κ3) is 3.43. The highest BCUT2D eigenvalue weighted by Gasteiger charge is 2.03. The fourth-order valence-electron chi connectivity index (χ4n) is 1.96. The molecule has 0 bridgehead atoms. The maximum absolute atomic E-state index is 4.44. The Kier molecular flexibility index (Phi) is 4.52. The monoisotopic (exact) mass is 238 g/mol. The molecule has 1 unspecified atom stereocenters. The van der Waals surface area contributed by atoms with E-state index in [9.17, 15) is 0 Å². The zero-order chi connectivity index (χ0) is 12.8. The number of hydrogen-bond acceptors (Lipinski definition) is 1. The molecule has 1 nitrogen and oxygen atoms in total. The van der Waals surface area contributed by atoms with Crippen LogP contribution in [-0.2, 0) is 6.42 Å². The quantitative estimate of drug-likeness (QED) is 0.746. The molecule has 1 aromatic heterocycles. The third-order valence-electron chi connectivity index (χ3n) is 3.46. The molecule has 0 aliphatic carbocycles. The van der Waals surface area contributed by atoms with Crippen molar-refractivity contribution in [3.63, 3.8) is 0 Å². The molecule has 1 heteroatoms. The van der Waals surface area contributed by atoms with Gasteiger partial charge < -0.3 is 0 Å². The molecule has 0 saturated heterocycles. The fraction of sp³-hybridized carbons (Fsp3) is 0.353. The summed E-state index contributed by atoms with van der Waals surface area (Å²) in [6.07, 6.45) is 5.57. The molecule has 1 aromatic carbocycles. The van der Waals surface area contributed by atoms with E-state index in [1.807, 2.05) is 18.3 Å². The van der Waals surface area contributed by atoms with E-state index >= 15 is 0 Å². The topological polar surface area (TPSA) is 12.9 Å². The highest BCUT2D eigenvalue weighted by molar-refractivity contribution is 5.59. The molecular weight excluding hydrogens is 218 g/mol. The number of aryl methyl sites for hydroxylation is 1. The first kappa shape index (κ1) is 12.8. The van der Waals surface area contributed by atoms with Gasteiger partial charge in [-0.25, -0.2) is 0 Å². The molecule has 0 saturated carbocycles. The van der Waals surface area contributed by atoms with Gasteiger partial charge in [-0.15, -0.1) is 0 Å². The summed E-state index contributed by atoms with van der Waals surface area (Å²) >= 11 is 0. The molecule has 93 valence electrons. The molecule has 0 fully saturated rings. The maximum atomic E-state index is 4.44. The second-order valence-corrected chi connectivity index (χ2v) is 4.89. The number of pyridine rings is 1. The Morgan fingerprint density at radius 1 is 1.22 bits per heavy atom. The van der Waals surface area contributed by atoms with Gasteiger partial charge in [0.15, 0.2) is 0 Å². The Morgan fingerprint density at radius 3 is 2.72 bits per heavy atom. The van der Waals surface area contributed by atoms with Crippen molar-refractivity contribution in [3.05, 3.63) is 54.2 Å². The number of aromatic nitrogens is 1. The first-order chi connectivity index (χ1) is 8.79. The van der Waals surface area contributed by atoms with Crippen LogP contribution in [0.4, 0.5) is 0 Å². The maximum Gasteiger partial charge on any atom is 0.0704 e. The van der Waals surface area contributed by atoms with Gasteiger partial charge in [-0.3, -0.25) is 4.98 Å². The van der Waals surface area contributed by atoms with Crippen molar-refractivity contribution < 1.29 is 0 Å². The molecule has 0 amide bonds. The summed E-state index contributed by atoms with van der Waals surface area (Å²) in [6.45, 7) is 4.57. The third-order valence-corrected chi connectivity index (χ3v) is 3.46. The van der Waals surface area contributed by atoms with Crippen LogP contribution in [0.5, 0.6) is 0 Å². The molecular formula is C17H20N. The van der Waals surface area contributed by atoms with E-state index in [4.69, 9.17) is 0 Å². The standard InChI is InChI=1S/C17H20N/c1-3-14(2)9-10-15-11-12-18-17(13-15)16-7-5-4-6-8-16/h5-8,11-14H,3,9-10H2,1-2H3. The Bertz CT molecular complexity index is 476. The largest absolute Gasteiger partial charge is 0.256 e. The molecule has 2 aromatic rings.